The Balaban J connectivity index is 1.91. The Morgan fingerprint density at radius 2 is 1.88 bits per heavy atom. The molecule has 2 aromatic heterocycles. The third-order valence-electron chi connectivity index (χ3n) is 3.95. The standard InChI is InChI=1S/C20H21ClN4O/c1-20(2,3)16-12-18(23-19(26)15-9-10-22-17(21)11-15)25(24-16)13-14-7-5-4-6-8-14/h4-12H,13H2,1-3H3,(H,23,26). The molecule has 3 aromatic rings. The van der Waals surface area contributed by atoms with Crippen molar-refractivity contribution in [1.82, 2.24) is 14.8 Å². The van der Waals surface area contributed by atoms with Gasteiger partial charge in [-0.25, -0.2) is 9.67 Å². The quantitative estimate of drug-likeness (QED) is 0.688. The van der Waals surface area contributed by atoms with Gasteiger partial charge in [0, 0.05) is 23.2 Å². The summed E-state index contributed by atoms with van der Waals surface area (Å²) in [5.74, 6) is 0.403. The molecular formula is C20H21ClN4O. The maximum absolute atomic E-state index is 12.6. The van der Waals surface area contributed by atoms with Gasteiger partial charge in [0.2, 0.25) is 0 Å². The first-order valence-electron chi connectivity index (χ1n) is 8.38. The van der Waals surface area contributed by atoms with Crippen LogP contribution in [-0.4, -0.2) is 20.7 Å². The van der Waals surface area contributed by atoms with Crippen LogP contribution in [0.3, 0.4) is 0 Å². The molecule has 5 nitrogen and oxygen atoms in total. The molecule has 6 heteroatoms. The van der Waals surface area contributed by atoms with Gasteiger partial charge in [0.25, 0.3) is 5.91 Å². The van der Waals surface area contributed by atoms with Gasteiger partial charge in [-0.05, 0) is 17.7 Å². The van der Waals surface area contributed by atoms with Crippen molar-refractivity contribution in [3.63, 3.8) is 0 Å². The van der Waals surface area contributed by atoms with Crippen molar-refractivity contribution in [3.8, 4) is 0 Å². The van der Waals surface area contributed by atoms with Crippen LogP contribution in [0.4, 0.5) is 5.82 Å². The van der Waals surface area contributed by atoms with E-state index in [4.69, 9.17) is 16.7 Å². The predicted octanol–water partition coefficient (Wildman–Crippen LogP) is 4.53. The highest BCUT2D eigenvalue weighted by atomic mass is 35.5. The lowest BCUT2D eigenvalue weighted by atomic mass is 9.92. The molecule has 0 bridgehead atoms. The van der Waals surface area contributed by atoms with Crippen molar-refractivity contribution >= 4 is 23.3 Å². The van der Waals surface area contributed by atoms with Crippen molar-refractivity contribution in [2.75, 3.05) is 5.32 Å². The number of halogens is 1. The zero-order valence-electron chi connectivity index (χ0n) is 15.0. The molecular weight excluding hydrogens is 348 g/mol. The lowest BCUT2D eigenvalue weighted by molar-refractivity contribution is 0.102. The summed E-state index contributed by atoms with van der Waals surface area (Å²) in [5, 5.41) is 7.93. The number of aromatic nitrogens is 3. The predicted molar refractivity (Wildman–Crippen MR) is 104 cm³/mol. The highest BCUT2D eigenvalue weighted by Gasteiger charge is 2.21. The van der Waals surface area contributed by atoms with Gasteiger partial charge in [0.1, 0.15) is 11.0 Å². The van der Waals surface area contributed by atoms with E-state index in [1.807, 2.05) is 41.1 Å². The van der Waals surface area contributed by atoms with E-state index < -0.39 is 0 Å². The van der Waals surface area contributed by atoms with Crippen molar-refractivity contribution < 1.29 is 4.79 Å². The Bertz CT molecular complexity index is 913. The molecule has 26 heavy (non-hydrogen) atoms. The maximum atomic E-state index is 12.6. The Morgan fingerprint density at radius 1 is 1.15 bits per heavy atom. The SMILES string of the molecule is CC(C)(C)c1cc(NC(=O)c2ccnc(Cl)c2)n(Cc2ccccc2)n1. The lowest BCUT2D eigenvalue weighted by Crippen LogP contribution is -2.16. The summed E-state index contributed by atoms with van der Waals surface area (Å²) >= 11 is 5.89. The molecule has 0 unspecified atom stereocenters. The van der Waals surface area contributed by atoms with Crippen molar-refractivity contribution in [2.24, 2.45) is 0 Å². The number of nitrogens with zero attached hydrogens (tertiary/aromatic N) is 3. The molecule has 0 fully saturated rings. The second kappa shape index (κ2) is 7.30. The minimum Gasteiger partial charge on any atom is -0.307 e. The lowest BCUT2D eigenvalue weighted by Gasteiger charge is -2.14. The number of rotatable bonds is 4. The normalized spacial score (nSPS) is 11.4. The molecule has 1 N–H and O–H groups in total. The van der Waals surface area contributed by atoms with E-state index in [1.54, 1.807) is 12.1 Å². The fourth-order valence-corrected chi connectivity index (χ4v) is 2.67. The van der Waals surface area contributed by atoms with E-state index in [1.165, 1.54) is 6.20 Å². The second-order valence-electron chi connectivity index (χ2n) is 7.13. The summed E-state index contributed by atoms with van der Waals surface area (Å²) in [6.07, 6.45) is 1.51. The molecule has 1 amide bonds. The molecule has 0 saturated heterocycles. The van der Waals surface area contributed by atoms with Gasteiger partial charge >= 0.3 is 0 Å². The summed E-state index contributed by atoms with van der Waals surface area (Å²) in [7, 11) is 0. The first kappa shape index (κ1) is 18.1. The van der Waals surface area contributed by atoms with E-state index in [0.717, 1.165) is 11.3 Å². The van der Waals surface area contributed by atoms with Crippen LogP contribution in [0.2, 0.25) is 5.15 Å². The molecule has 0 aliphatic rings. The molecule has 3 rings (SSSR count). The first-order chi connectivity index (χ1) is 12.3. The minimum atomic E-state index is -0.246. The molecule has 1 aromatic carbocycles. The Hall–Kier alpha value is -2.66. The number of anilines is 1. The third kappa shape index (κ3) is 4.29. The van der Waals surface area contributed by atoms with Gasteiger partial charge in [-0.1, -0.05) is 62.7 Å². The molecule has 2 heterocycles. The topological polar surface area (TPSA) is 59.8 Å². The van der Waals surface area contributed by atoms with Crippen LogP contribution in [-0.2, 0) is 12.0 Å². The number of carbonyl (C=O) groups is 1. The molecule has 0 aliphatic heterocycles. The molecule has 134 valence electrons. The number of benzene rings is 1. The van der Waals surface area contributed by atoms with E-state index >= 15 is 0 Å². The zero-order chi connectivity index (χ0) is 18.7. The van der Waals surface area contributed by atoms with Gasteiger partial charge in [-0.3, -0.25) is 4.79 Å². The minimum absolute atomic E-state index is 0.124. The van der Waals surface area contributed by atoms with Crippen molar-refractivity contribution in [3.05, 3.63) is 76.7 Å². The molecule has 0 atom stereocenters. The number of hydrogen-bond acceptors (Lipinski definition) is 3. The average Bonchev–Trinajstić information content (AvgIpc) is 2.99. The van der Waals surface area contributed by atoms with Crippen LogP contribution in [0.25, 0.3) is 0 Å². The molecule has 0 saturated carbocycles. The van der Waals surface area contributed by atoms with Crippen LogP contribution in [0, 0.1) is 0 Å². The van der Waals surface area contributed by atoms with Gasteiger partial charge < -0.3 is 5.32 Å². The van der Waals surface area contributed by atoms with Crippen molar-refractivity contribution in [1.29, 1.82) is 0 Å². The second-order valence-corrected chi connectivity index (χ2v) is 7.52. The number of pyridine rings is 1. The highest BCUT2D eigenvalue weighted by molar-refractivity contribution is 6.29. The molecule has 0 radical (unpaired) electrons. The molecule has 0 spiro atoms. The number of hydrogen-bond donors (Lipinski definition) is 1. The van der Waals surface area contributed by atoms with Crippen LogP contribution < -0.4 is 5.32 Å². The largest absolute Gasteiger partial charge is 0.307 e. The van der Waals surface area contributed by atoms with Crippen LogP contribution >= 0.6 is 11.6 Å². The van der Waals surface area contributed by atoms with Gasteiger partial charge in [-0.2, -0.15) is 5.10 Å². The fourth-order valence-electron chi connectivity index (χ4n) is 2.49. The van der Waals surface area contributed by atoms with E-state index in [9.17, 15) is 4.79 Å². The maximum Gasteiger partial charge on any atom is 0.256 e. The third-order valence-corrected chi connectivity index (χ3v) is 4.16. The number of carbonyl (C=O) groups excluding carboxylic acids is 1. The van der Waals surface area contributed by atoms with Crippen LogP contribution in [0.1, 0.15) is 42.4 Å². The summed E-state index contributed by atoms with van der Waals surface area (Å²) < 4.78 is 1.82. The zero-order valence-corrected chi connectivity index (χ0v) is 15.8. The van der Waals surface area contributed by atoms with Gasteiger partial charge in [-0.15, -0.1) is 0 Å². The van der Waals surface area contributed by atoms with E-state index in [0.29, 0.717) is 17.9 Å². The summed E-state index contributed by atoms with van der Waals surface area (Å²) in [6, 6.07) is 15.1. The van der Waals surface area contributed by atoms with E-state index in [-0.39, 0.29) is 16.5 Å². The Morgan fingerprint density at radius 3 is 2.54 bits per heavy atom. The Labute approximate surface area is 158 Å². The van der Waals surface area contributed by atoms with Crippen LogP contribution in [0.15, 0.2) is 54.7 Å². The van der Waals surface area contributed by atoms with Gasteiger partial charge in [0.05, 0.1) is 12.2 Å². The fraction of sp³-hybridized carbons (Fsp3) is 0.250. The average molecular weight is 369 g/mol. The first-order valence-corrected chi connectivity index (χ1v) is 8.76. The number of amides is 1. The van der Waals surface area contributed by atoms with Gasteiger partial charge in [0.15, 0.2) is 0 Å². The Kier molecular flexibility index (Phi) is 5.09. The van der Waals surface area contributed by atoms with E-state index in [2.05, 4.69) is 31.1 Å². The molecule has 0 aliphatic carbocycles. The summed E-state index contributed by atoms with van der Waals surface area (Å²) in [4.78, 5) is 16.5. The summed E-state index contributed by atoms with van der Waals surface area (Å²) in [5.41, 5.74) is 2.35. The van der Waals surface area contributed by atoms with Crippen molar-refractivity contribution in [2.45, 2.75) is 32.7 Å². The number of nitrogens with one attached hydrogen (secondary N) is 1. The summed E-state index contributed by atoms with van der Waals surface area (Å²) in [6.45, 7) is 6.85. The smallest absolute Gasteiger partial charge is 0.256 e. The highest BCUT2D eigenvalue weighted by Crippen LogP contribution is 2.25. The monoisotopic (exact) mass is 368 g/mol. The van der Waals surface area contributed by atoms with Crippen LogP contribution in [0.5, 0.6) is 0 Å².